The van der Waals surface area contributed by atoms with E-state index in [1.165, 1.54) is 17.4 Å². The van der Waals surface area contributed by atoms with Gasteiger partial charge in [0.1, 0.15) is 0 Å². The molecule has 1 aromatic rings. The van der Waals surface area contributed by atoms with Crippen LogP contribution in [0.5, 0.6) is 0 Å². The number of rotatable bonds is 4. The van der Waals surface area contributed by atoms with Gasteiger partial charge in [-0.15, -0.1) is 0 Å². The maximum atomic E-state index is 12.5. The van der Waals surface area contributed by atoms with E-state index in [1.807, 2.05) is 0 Å². The topological polar surface area (TPSA) is 87.8 Å². The molecule has 0 amide bonds. The van der Waals surface area contributed by atoms with E-state index < -0.39 is 16.0 Å². The number of carboxylic acid groups (broad SMARTS) is 1. The minimum Gasteiger partial charge on any atom is -0.475 e. The zero-order chi connectivity index (χ0) is 15.8. The van der Waals surface area contributed by atoms with E-state index in [1.54, 1.807) is 0 Å². The van der Waals surface area contributed by atoms with Gasteiger partial charge in [0.15, 0.2) is 0 Å². The van der Waals surface area contributed by atoms with Crippen LogP contribution in [0.4, 0.5) is 0 Å². The van der Waals surface area contributed by atoms with E-state index in [2.05, 4.69) is 13.8 Å². The van der Waals surface area contributed by atoms with Crippen LogP contribution in [0.15, 0.2) is 21.6 Å². The molecule has 6 nitrogen and oxygen atoms in total. The minimum absolute atomic E-state index is 0.0681. The highest BCUT2D eigenvalue weighted by atomic mass is 32.2. The number of nitrogens with zero attached hydrogens (tertiary/aromatic N) is 1. The van der Waals surface area contributed by atoms with Crippen molar-refractivity contribution in [2.75, 3.05) is 7.05 Å². The normalized spacial score (nSPS) is 19.8. The molecule has 0 unspecified atom stereocenters. The average Bonchev–Trinajstić information content (AvgIpc) is 2.88. The van der Waals surface area contributed by atoms with Crippen LogP contribution in [0.2, 0.25) is 0 Å². The summed E-state index contributed by atoms with van der Waals surface area (Å²) in [6.07, 6.45) is 3.54. The predicted molar refractivity (Wildman–Crippen MR) is 76.7 cm³/mol. The molecule has 21 heavy (non-hydrogen) atoms. The first-order chi connectivity index (χ1) is 9.63. The van der Waals surface area contributed by atoms with Crippen LogP contribution >= 0.6 is 0 Å². The average molecular weight is 315 g/mol. The van der Waals surface area contributed by atoms with Gasteiger partial charge in [-0.1, -0.05) is 13.8 Å². The molecule has 1 heterocycles. The molecule has 1 aliphatic rings. The fraction of sp³-hybridized carbons (Fsp3) is 0.643. The summed E-state index contributed by atoms with van der Waals surface area (Å²) < 4.78 is 31.2. The Morgan fingerprint density at radius 2 is 1.90 bits per heavy atom. The lowest BCUT2D eigenvalue weighted by Crippen LogP contribution is -2.40. The van der Waals surface area contributed by atoms with Crippen LogP contribution in [0.3, 0.4) is 0 Å². The summed E-state index contributed by atoms with van der Waals surface area (Å²) in [5, 5.41) is 8.49. The number of sulfonamides is 1. The van der Waals surface area contributed by atoms with E-state index >= 15 is 0 Å². The second-order valence-corrected chi connectivity index (χ2v) is 8.27. The highest BCUT2D eigenvalue weighted by Gasteiger charge is 2.35. The van der Waals surface area contributed by atoms with Crippen LogP contribution in [0.1, 0.15) is 50.1 Å². The highest BCUT2D eigenvalue weighted by molar-refractivity contribution is 7.89. The van der Waals surface area contributed by atoms with Crippen molar-refractivity contribution in [2.45, 2.75) is 50.7 Å². The lowest BCUT2D eigenvalue weighted by molar-refractivity contribution is 0.0656. The zero-order valence-corrected chi connectivity index (χ0v) is 13.3. The summed E-state index contributed by atoms with van der Waals surface area (Å²) in [4.78, 5) is 10.8. The molecule has 118 valence electrons. The molecule has 0 aromatic carbocycles. The quantitative estimate of drug-likeness (QED) is 0.922. The smallest absolute Gasteiger partial charge is 0.371 e. The lowest BCUT2D eigenvalue weighted by Gasteiger charge is -2.37. The Kier molecular flexibility index (Phi) is 4.17. The largest absolute Gasteiger partial charge is 0.475 e. The zero-order valence-electron chi connectivity index (χ0n) is 12.5. The van der Waals surface area contributed by atoms with Crippen LogP contribution in [-0.2, 0) is 10.0 Å². The SMILES string of the molecule is CN(C1CCC(C)(C)CC1)S(=O)(=O)c1ccc(C(=O)O)o1. The van der Waals surface area contributed by atoms with Crippen molar-refractivity contribution in [2.24, 2.45) is 5.41 Å². The molecule has 1 N–H and O–H groups in total. The third kappa shape index (κ3) is 3.29. The first-order valence-electron chi connectivity index (χ1n) is 6.95. The summed E-state index contributed by atoms with van der Waals surface area (Å²) in [5.74, 6) is -1.65. The number of hydrogen-bond acceptors (Lipinski definition) is 4. The van der Waals surface area contributed by atoms with E-state index in [-0.39, 0.29) is 22.3 Å². The van der Waals surface area contributed by atoms with Gasteiger partial charge in [0.05, 0.1) is 0 Å². The minimum atomic E-state index is -3.79. The molecule has 0 saturated heterocycles. The Hall–Kier alpha value is -1.34. The molecule has 2 rings (SSSR count). The van der Waals surface area contributed by atoms with E-state index in [9.17, 15) is 13.2 Å². The fourth-order valence-electron chi connectivity index (χ4n) is 2.66. The van der Waals surface area contributed by atoms with Crippen molar-refractivity contribution >= 4 is 16.0 Å². The van der Waals surface area contributed by atoms with Crippen LogP contribution in [0, 0.1) is 5.41 Å². The summed E-state index contributed by atoms with van der Waals surface area (Å²) in [7, 11) is -2.26. The molecule has 1 saturated carbocycles. The van der Waals surface area contributed by atoms with Crippen LogP contribution < -0.4 is 0 Å². The number of hydrogen-bond donors (Lipinski definition) is 1. The Labute approximate surface area is 124 Å². The summed E-state index contributed by atoms with van der Waals surface area (Å²) in [5.41, 5.74) is 0.252. The third-order valence-electron chi connectivity index (χ3n) is 4.25. The second-order valence-electron chi connectivity index (χ2n) is 6.34. The van der Waals surface area contributed by atoms with E-state index in [0.29, 0.717) is 0 Å². The summed E-state index contributed by atoms with van der Waals surface area (Å²) in [6, 6.07) is 2.29. The van der Waals surface area contributed by atoms with Gasteiger partial charge in [-0.25, -0.2) is 13.2 Å². The Morgan fingerprint density at radius 3 is 2.38 bits per heavy atom. The predicted octanol–water partition coefficient (Wildman–Crippen LogP) is 2.57. The van der Waals surface area contributed by atoms with Gasteiger partial charge in [-0.05, 0) is 43.2 Å². The van der Waals surface area contributed by atoms with Crippen molar-refractivity contribution in [1.29, 1.82) is 0 Å². The van der Waals surface area contributed by atoms with Crippen molar-refractivity contribution in [3.63, 3.8) is 0 Å². The van der Waals surface area contributed by atoms with Gasteiger partial charge >= 0.3 is 5.97 Å². The van der Waals surface area contributed by atoms with E-state index in [0.717, 1.165) is 31.7 Å². The highest BCUT2D eigenvalue weighted by Crippen LogP contribution is 2.37. The molecule has 0 aliphatic heterocycles. The fourth-order valence-corrected chi connectivity index (χ4v) is 3.98. The van der Waals surface area contributed by atoms with Crippen LogP contribution in [-0.4, -0.2) is 36.9 Å². The molecular weight excluding hydrogens is 294 g/mol. The van der Waals surface area contributed by atoms with Crippen molar-refractivity contribution < 1.29 is 22.7 Å². The first kappa shape index (κ1) is 16.0. The molecule has 0 spiro atoms. The van der Waals surface area contributed by atoms with E-state index in [4.69, 9.17) is 9.52 Å². The monoisotopic (exact) mass is 315 g/mol. The molecule has 0 radical (unpaired) electrons. The standard InChI is InChI=1S/C14H21NO5S/c1-14(2)8-6-10(7-9-14)15(3)21(18,19)12-5-4-11(20-12)13(16)17/h4-5,10H,6-9H2,1-3H3,(H,16,17). The maximum absolute atomic E-state index is 12.5. The molecule has 1 aromatic heterocycles. The summed E-state index contributed by atoms with van der Waals surface area (Å²) >= 11 is 0. The van der Waals surface area contributed by atoms with Gasteiger partial charge in [0, 0.05) is 13.1 Å². The number of aromatic carboxylic acids is 1. The van der Waals surface area contributed by atoms with Crippen molar-refractivity contribution in [3.05, 3.63) is 17.9 Å². The Bertz CT molecular complexity index is 622. The molecule has 0 bridgehead atoms. The lowest BCUT2D eigenvalue weighted by atomic mass is 9.76. The van der Waals surface area contributed by atoms with Gasteiger partial charge in [0.2, 0.25) is 10.9 Å². The Morgan fingerprint density at radius 1 is 1.33 bits per heavy atom. The first-order valence-corrected chi connectivity index (χ1v) is 8.39. The van der Waals surface area contributed by atoms with Crippen LogP contribution in [0.25, 0.3) is 0 Å². The van der Waals surface area contributed by atoms with Crippen molar-refractivity contribution in [1.82, 2.24) is 4.31 Å². The second kappa shape index (κ2) is 5.46. The number of furan rings is 1. The Balaban J connectivity index is 2.17. The molecular formula is C14H21NO5S. The van der Waals surface area contributed by atoms with Crippen molar-refractivity contribution in [3.8, 4) is 0 Å². The maximum Gasteiger partial charge on any atom is 0.371 e. The molecule has 7 heteroatoms. The number of carboxylic acids is 1. The van der Waals surface area contributed by atoms with Gasteiger partial charge < -0.3 is 9.52 Å². The molecule has 1 aliphatic carbocycles. The number of carbonyl (C=O) groups is 1. The van der Waals surface area contributed by atoms with Gasteiger partial charge in [0.25, 0.3) is 10.0 Å². The molecule has 1 fully saturated rings. The third-order valence-corrected chi connectivity index (χ3v) is 6.03. The van der Waals surface area contributed by atoms with Gasteiger partial charge in [-0.2, -0.15) is 4.31 Å². The molecule has 0 atom stereocenters. The summed E-state index contributed by atoms with van der Waals surface area (Å²) in [6.45, 7) is 4.37. The van der Waals surface area contributed by atoms with Gasteiger partial charge in [-0.3, -0.25) is 0 Å².